The molecule has 0 saturated heterocycles. The fourth-order valence-electron chi connectivity index (χ4n) is 2.00. The Kier molecular flexibility index (Phi) is 5.19. The molecule has 2 aromatic rings. The predicted molar refractivity (Wildman–Crippen MR) is 86.0 cm³/mol. The summed E-state index contributed by atoms with van der Waals surface area (Å²) in [5, 5.41) is 17.3. The van der Waals surface area contributed by atoms with E-state index in [0.717, 1.165) is 16.7 Å². The lowest BCUT2D eigenvalue weighted by atomic mass is 10.3. The maximum Gasteiger partial charge on any atom is 0.328 e. The van der Waals surface area contributed by atoms with Crippen molar-refractivity contribution in [2.45, 2.75) is 33.0 Å². The minimum Gasteiger partial charge on any atom is -0.480 e. The summed E-state index contributed by atoms with van der Waals surface area (Å²) in [6, 6.07) is -0.823. The molecule has 0 aliphatic carbocycles. The summed E-state index contributed by atoms with van der Waals surface area (Å²) in [5.74, 6) is -1.25. The largest absolute Gasteiger partial charge is 0.480 e. The van der Waals surface area contributed by atoms with E-state index in [0.29, 0.717) is 12.1 Å². The third-order valence-electron chi connectivity index (χ3n) is 3.45. The van der Waals surface area contributed by atoms with Gasteiger partial charge in [0.05, 0.1) is 28.5 Å². The van der Waals surface area contributed by atoms with Crippen molar-refractivity contribution in [3.8, 4) is 0 Å². The molecule has 0 aliphatic heterocycles. The Balaban J connectivity index is 2.10. The summed E-state index contributed by atoms with van der Waals surface area (Å²) in [7, 11) is 1.66. The van der Waals surface area contributed by atoms with E-state index in [9.17, 15) is 9.59 Å². The molecule has 124 valence electrons. The highest BCUT2D eigenvalue weighted by Gasteiger charge is 2.20. The third kappa shape index (κ3) is 3.79. The summed E-state index contributed by atoms with van der Waals surface area (Å²) in [6.45, 7) is 4.57. The van der Waals surface area contributed by atoms with Crippen LogP contribution in [0.3, 0.4) is 0 Å². The lowest BCUT2D eigenvalue weighted by Gasteiger charge is -2.15. The van der Waals surface area contributed by atoms with Gasteiger partial charge in [0.1, 0.15) is 6.04 Å². The van der Waals surface area contributed by atoms with E-state index >= 15 is 0 Å². The van der Waals surface area contributed by atoms with Crippen LogP contribution in [0.15, 0.2) is 23.1 Å². The first-order valence-corrected chi connectivity index (χ1v) is 7.87. The van der Waals surface area contributed by atoms with Crippen LogP contribution in [0, 0.1) is 0 Å². The molecule has 2 heterocycles. The molecule has 0 bridgehead atoms. The second-order valence-corrected chi connectivity index (χ2v) is 6.02. The monoisotopic (exact) mass is 383 g/mol. The van der Waals surface area contributed by atoms with Gasteiger partial charge in [-0.25, -0.2) is 4.79 Å². The van der Waals surface area contributed by atoms with Gasteiger partial charge < -0.3 is 10.0 Å². The zero-order valence-electron chi connectivity index (χ0n) is 13.1. The van der Waals surface area contributed by atoms with Gasteiger partial charge in [-0.1, -0.05) is 0 Å². The molecule has 1 atom stereocenters. The molecule has 9 heteroatoms. The molecule has 0 spiro atoms. The van der Waals surface area contributed by atoms with Gasteiger partial charge in [0, 0.05) is 26.0 Å². The normalized spacial score (nSPS) is 12.2. The molecule has 1 unspecified atom stereocenters. The van der Waals surface area contributed by atoms with Crippen LogP contribution < -0.4 is 0 Å². The number of carboxylic acid groups (broad SMARTS) is 1. The molecule has 0 aliphatic rings. The molecule has 2 rings (SSSR count). The number of halogens is 1. The Morgan fingerprint density at radius 3 is 2.70 bits per heavy atom. The number of carbonyl (C=O) groups is 2. The van der Waals surface area contributed by atoms with E-state index in [4.69, 9.17) is 5.11 Å². The zero-order chi connectivity index (χ0) is 17.1. The second kappa shape index (κ2) is 6.95. The predicted octanol–water partition coefficient (Wildman–Crippen LogP) is 1.78. The third-order valence-corrected chi connectivity index (χ3v) is 4.11. The van der Waals surface area contributed by atoms with Crippen LogP contribution in [-0.2, 0) is 17.9 Å². The van der Waals surface area contributed by atoms with Crippen LogP contribution in [0.25, 0.3) is 0 Å². The van der Waals surface area contributed by atoms with E-state index in [1.54, 1.807) is 11.7 Å². The standard InChI is InChI=1S/C14H18BrN5O3/c1-4-19-7-11(15)12(17-19)8-18(3)13(21)10-5-16-20(6-10)9(2)14(22)23/h5-7,9H,4,8H2,1-3H3,(H,22,23). The van der Waals surface area contributed by atoms with E-state index in [1.165, 1.54) is 28.9 Å². The van der Waals surface area contributed by atoms with E-state index in [1.807, 2.05) is 13.1 Å². The number of rotatable bonds is 6. The fraction of sp³-hybridized carbons (Fsp3) is 0.429. The molecule has 0 saturated carbocycles. The van der Waals surface area contributed by atoms with Gasteiger partial charge in [-0.15, -0.1) is 0 Å². The summed E-state index contributed by atoms with van der Waals surface area (Å²) in [4.78, 5) is 24.9. The highest BCUT2D eigenvalue weighted by atomic mass is 79.9. The number of hydrogen-bond donors (Lipinski definition) is 1. The van der Waals surface area contributed by atoms with E-state index in [-0.39, 0.29) is 5.91 Å². The molecule has 2 aromatic heterocycles. The number of aromatic nitrogens is 4. The van der Waals surface area contributed by atoms with Crippen molar-refractivity contribution in [3.63, 3.8) is 0 Å². The van der Waals surface area contributed by atoms with E-state index in [2.05, 4.69) is 26.1 Å². The highest BCUT2D eigenvalue weighted by molar-refractivity contribution is 9.10. The van der Waals surface area contributed by atoms with Gasteiger partial charge in [-0.2, -0.15) is 10.2 Å². The topological polar surface area (TPSA) is 93.2 Å². The molecular formula is C14H18BrN5O3. The molecule has 0 aromatic carbocycles. The summed E-state index contributed by atoms with van der Waals surface area (Å²) in [5.41, 5.74) is 1.10. The van der Waals surface area contributed by atoms with Crippen molar-refractivity contribution in [3.05, 3.63) is 34.3 Å². The van der Waals surface area contributed by atoms with Gasteiger partial charge in [-0.05, 0) is 29.8 Å². The SMILES string of the molecule is CCn1cc(Br)c(CN(C)C(=O)c2cnn(C(C)C(=O)O)c2)n1. The number of hydrogen-bond acceptors (Lipinski definition) is 4. The van der Waals surface area contributed by atoms with Crippen molar-refractivity contribution in [2.75, 3.05) is 7.05 Å². The van der Waals surface area contributed by atoms with Gasteiger partial charge in [0.25, 0.3) is 5.91 Å². The van der Waals surface area contributed by atoms with Gasteiger partial charge >= 0.3 is 5.97 Å². The molecule has 23 heavy (non-hydrogen) atoms. The van der Waals surface area contributed by atoms with Crippen LogP contribution in [-0.4, -0.2) is 48.5 Å². The van der Waals surface area contributed by atoms with E-state index < -0.39 is 12.0 Å². The number of amides is 1. The molecule has 0 radical (unpaired) electrons. The Labute approximate surface area is 141 Å². The number of carbonyl (C=O) groups excluding carboxylic acids is 1. The van der Waals surface area contributed by atoms with Crippen LogP contribution >= 0.6 is 15.9 Å². The Hall–Kier alpha value is -2.16. The Morgan fingerprint density at radius 1 is 1.43 bits per heavy atom. The quantitative estimate of drug-likeness (QED) is 0.820. The first kappa shape index (κ1) is 17.2. The lowest BCUT2D eigenvalue weighted by molar-refractivity contribution is -0.140. The zero-order valence-corrected chi connectivity index (χ0v) is 14.7. The van der Waals surface area contributed by atoms with Crippen molar-refractivity contribution < 1.29 is 14.7 Å². The Morgan fingerprint density at radius 2 is 2.13 bits per heavy atom. The average Bonchev–Trinajstić information content (AvgIpc) is 3.13. The van der Waals surface area contributed by atoms with Crippen molar-refractivity contribution in [2.24, 2.45) is 0 Å². The second-order valence-electron chi connectivity index (χ2n) is 5.16. The first-order chi connectivity index (χ1) is 10.8. The highest BCUT2D eigenvalue weighted by Crippen LogP contribution is 2.17. The molecule has 1 N–H and O–H groups in total. The van der Waals surface area contributed by atoms with Crippen LogP contribution in [0.5, 0.6) is 0 Å². The summed E-state index contributed by atoms with van der Waals surface area (Å²) < 4.78 is 3.88. The minimum atomic E-state index is -1.01. The lowest BCUT2D eigenvalue weighted by Crippen LogP contribution is -2.26. The van der Waals surface area contributed by atoms with Crippen LogP contribution in [0.4, 0.5) is 0 Å². The van der Waals surface area contributed by atoms with Crippen molar-refractivity contribution in [1.82, 2.24) is 24.5 Å². The maximum atomic E-state index is 12.4. The van der Waals surface area contributed by atoms with Crippen molar-refractivity contribution in [1.29, 1.82) is 0 Å². The van der Waals surface area contributed by atoms with Crippen LogP contribution in [0.1, 0.15) is 35.9 Å². The number of aliphatic carboxylic acids is 1. The van der Waals surface area contributed by atoms with Gasteiger partial charge in [0.15, 0.2) is 0 Å². The average molecular weight is 384 g/mol. The Bertz CT molecular complexity index is 724. The first-order valence-electron chi connectivity index (χ1n) is 7.07. The number of carboxylic acids is 1. The minimum absolute atomic E-state index is 0.244. The molecular weight excluding hydrogens is 366 g/mol. The number of aryl methyl sites for hydroxylation is 1. The molecule has 0 fully saturated rings. The smallest absolute Gasteiger partial charge is 0.328 e. The maximum absolute atomic E-state index is 12.4. The van der Waals surface area contributed by atoms with Gasteiger partial charge in [0.2, 0.25) is 0 Å². The fourth-order valence-corrected chi connectivity index (χ4v) is 2.44. The summed E-state index contributed by atoms with van der Waals surface area (Å²) >= 11 is 3.43. The number of nitrogens with zero attached hydrogens (tertiary/aromatic N) is 5. The molecule has 8 nitrogen and oxygen atoms in total. The van der Waals surface area contributed by atoms with Crippen LogP contribution in [0.2, 0.25) is 0 Å². The summed E-state index contributed by atoms with van der Waals surface area (Å²) in [6.07, 6.45) is 4.68. The molecule has 1 amide bonds. The van der Waals surface area contributed by atoms with Gasteiger partial charge in [-0.3, -0.25) is 14.2 Å². The van der Waals surface area contributed by atoms with Crippen molar-refractivity contribution >= 4 is 27.8 Å².